The van der Waals surface area contributed by atoms with Crippen LogP contribution in [0.1, 0.15) is 0 Å². The van der Waals surface area contributed by atoms with Gasteiger partial charge in [0.05, 0.1) is 13.2 Å². The topological polar surface area (TPSA) is 73.8 Å². The third-order valence-electron chi connectivity index (χ3n) is 2.61. The minimum Gasteiger partial charge on any atom is -0.480 e. The van der Waals surface area contributed by atoms with Gasteiger partial charge in [-0.15, -0.1) is 0 Å². The monoisotopic (exact) mass is 231 g/mol. The zero-order valence-corrected chi connectivity index (χ0v) is 9.74. The number of hydrogen-bond acceptors (Lipinski definition) is 5. The molecule has 6 heteroatoms. The first-order valence-corrected chi connectivity index (χ1v) is 5.65. The molecule has 0 aromatic carbocycles. The van der Waals surface area contributed by atoms with Crippen molar-refractivity contribution in [3.63, 3.8) is 0 Å². The Morgan fingerprint density at radius 1 is 1.62 bits per heavy atom. The summed E-state index contributed by atoms with van der Waals surface area (Å²) in [5, 5.41) is 14.8. The fourth-order valence-electron chi connectivity index (χ4n) is 1.65. The first-order valence-electron chi connectivity index (χ1n) is 5.65. The minimum atomic E-state index is -0.777. The number of rotatable bonds is 7. The summed E-state index contributed by atoms with van der Waals surface area (Å²) in [6.07, 6.45) is 0. The molecule has 0 saturated carbocycles. The smallest absolute Gasteiger partial charge is 0.322 e. The Balaban J connectivity index is 2.10. The van der Waals surface area contributed by atoms with Gasteiger partial charge in [-0.1, -0.05) is 0 Å². The van der Waals surface area contributed by atoms with Crippen molar-refractivity contribution in [2.24, 2.45) is 0 Å². The van der Waals surface area contributed by atoms with Gasteiger partial charge >= 0.3 is 5.97 Å². The van der Waals surface area contributed by atoms with E-state index in [-0.39, 0.29) is 0 Å². The van der Waals surface area contributed by atoms with Gasteiger partial charge in [-0.25, -0.2) is 0 Å². The molecule has 1 rings (SSSR count). The van der Waals surface area contributed by atoms with Crippen LogP contribution >= 0.6 is 0 Å². The van der Waals surface area contributed by atoms with Gasteiger partial charge < -0.3 is 20.5 Å². The lowest BCUT2D eigenvalue weighted by Crippen LogP contribution is -2.54. The average molecular weight is 231 g/mol. The molecule has 0 radical (unpaired) electrons. The first-order chi connectivity index (χ1) is 7.74. The van der Waals surface area contributed by atoms with Crippen LogP contribution in [-0.4, -0.2) is 75.0 Å². The van der Waals surface area contributed by atoms with Crippen molar-refractivity contribution in [3.05, 3.63) is 0 Å². The Kier molecular flexibility index (Phi) is 6.32. The van der Waals surface area contributed by atoms with E-state index in [0.29, 0.717) is 19.8 Å². The molecule has 16 heavy (non-hydrogen) atoms. The molecule has 0 aromatic heterocycles. The summed E-state index contributed by atoms with van der Waals surface area (Å²) in [7, 11) is 1.89. The van der Waals surface area contributed by atoms with Gasteiger partial charge in [-0.05, 0) is 7.05 Å². The van der Waals surface area contributed by atoms with Gasteiger partial charge in [0.1, 0.15) is 6.04 Å². The quantitative estimate of drug-likeness (QED) is 0.467. The standard InChI is InChI=1S/C10H21N3O3/c1-11-3-6-16-7-5-13-4-2-12-9(8-13)10(14)15/h9,11-12H,2-8H2,1H3,(H,14,15). The van der Waals surface area contributed by atoms with Gasteiger partial charge in [-0.3, -0.25) is 9.69 Å². The third-order valence-corrected chi connectivity index (χ3v) is 2.61. The molecule has 1 atom stereocenters. The van der Waals surface area contributed by atoms with E-state index in [0.717, 1.165) is 26.2 Å². The Morgan fingerprint density at radius 3 is 3.12 bits per heavy atom. The van der Waals surface area contributed by atoms with Gasteiger partial charge in [-0.2, -0.15) is 0 Å². The number of carboxylic acid groups (broad SMARTS) is 1. The van der Waals surface area contributed by atoms with Gasteiger partial charge in [0.15, 0.2) is 0 Å². The molecular weight excluding hydrogens is 210 g/mol. The predicted octanol–water partition coefficient (Wildman–Crippen LogP) is -1.42. The molecule has 1 fully saturated rings. The number of piperazine rings is 1. The maximum Gasteiger partial charge on any atom is 0.322 e. The van der Waals surface area contributed by atoms with E-state index >= 15 is 0 Å². The molecule has 1 heterocycles. The van der Waals surface area contributed by atoms with Crippen LogP contribution in [-0.2, 0) is 9.53 Å². The molecule has 1 saturated heterocycles. The molecule has 0 aliphatic carbocycles. The summed E-state index contributed by atoms with van der Waals surface area (Å²) in [4.78, 5) is 12.9. The molecule has 1 aliphatic rings. The summed E-state index contributed by atoms with van der Waals surface area (Å²) >= 11 is 0. The second-order valence-electron chi connectivity index (χ2n) is 3.86. The van der Waals surface area contributed by atoms with Crippen molar-refractivity contribution in [1.29, 1.82) is 0 Å². The van der Waals surface area contributed by atoms with E-state index in [2.05, 4.69) is 15.5 Å². The summed E-state index contributed by atoms with van der Waals surface area (Å²) in [5.41, 5.74) is 0. The number of aliphatic carboxylic acids is 1. The van der Waals surface area contributed by atoms with Crippen LogP contribution in [0.25, 0.3) is 0 Å². The van der Waals surface area contributed by atoms with Crippen molar-refractivity contribution >= 4 is 5.97 Å². The van der Waals surface area contributed by atoms with Crippen molar-refractivity contribution in [2.45, 2.75) is 6.04 Å². The summed E-state index contributed by atoms with van der Waals surface area (Å²) in [6, 6.07) is -0.439. The SMILES string of the molecule is CNCCOCCN1CCNC(C(=O)O)C1. The van der Waals surface area contributed by atoms with E-state index in [4.69, 9.17) is 9.84 Å². The summed E-state index contributed by atoms with van der Waals surface area (Å²) < 4.78 is 5.40. The fraction of sp³-hybridized carbons (Fsp3) is 0.900. The van der Waals surface area contributed by atoms with Crippen LogP contribution in [0, 0.1) is 0 Å². The molecule has 0 amide bonds. The second kappa shape index (κ2) is 7.56. The molecule has 1 unspecified atom stereocenters. The van der Waals surface area contributed by atoms with Crippen LogP contribution in [0.2, 0.25) is 0 Å². The van der Waals surface area contributed by atoms with E-state index in [9.17, 15) is 4.79 Å². The van der Waals surface area contributed by atoms with Gasteiger partial charge in [0.25, 0.3) is 0 Å². The highest BCUT2D eigenvalue weighted by molar-refractivity contribution is 5.73. The van der Waals surface area contributed by atoms with Crippen molar-refractivity contribution in [3.8, 4) is 0 Å². The maximum atomic E-state index is 10.8. The molecule has 6 nitrogen and oxygen atoms in total. The number of nitrogens with zero attached hydrogens (tertiary/aromatic N) is 1. The Morgan fingerprint density at radius 2 is 2.44 bits per heavy atom. The molecule has 94 valence electrons. The second-order valence-corrected chi connectivity index (χ2v) is 3.86. The van der Waals surface area contributed by atoms with E-state index in [1.807, 2.05) is 7.05 Å². The highest BCUT2D eigenvalue weighted by atomic mass is 16.5. The maximum absolute atomic E-state index is 10.8. The largest absolute Gasteiger partial charge is 0.480 e. The van der Waals surface area contributed by atoms with Crippen LogP contribution in [0.5, 0.6) is 0 Å². The molecule has 0 bridgehead atoms. The van der Waals surface area contributed by atoms with E-state index in [1.165, 1.54) is 0 Å². The summed E-state index contributed by atoms with van der Waals surface area (Å²) in [5.74, 6) is -0.777. The summed E-state index contributed by atoms with van der Waals surface area (Å²) in [6.45, 7) is 5.19. The zero-order valence-electron chi connectivity index (χ0n) is 9.74. The Labute approximate surface area is 95.9 Å². The molecular formula is C10H21N3O3. The van der Waals surface area contributed by atoms with Crippen molar-refractivity contribution in [1.82, 2.24) is 15.5 Å². The lowest BCUT2D eigenvalue weighted by Gasteiger charge is -2.31. The Hall–Kier alpha value is -0.690. The van der Waals surface area contributed by atoms with Gasteiger partial charge in [0.2, 0.25) is 0 Å². The number of carboxylic acids is 1. The van der Waals surface area contributed by atoms with Crippen molar-refractivity contribution in [2.75, 3.05) is 53.0 Å². The van der Waals surface area contributed by atoms with E-state index in [1.54, 1.807) is 0 Å². The Bertz CT molecular complexity index is 213. The number of nitrogens with one attached hydrogen (secondary N) is 2. The third kappa shape index (κ3) is 4.89. The number of ether oxygens (including phenoxy) is 1. The molecule has 1 aliphatic heterocycles. The van der Waals surface area contributed by atoms with Crippen LogP contribution in [0.15, 0.2) is 0 Å². The fourth-order valence-corrected chi connectivity index (χ4v) is 1.65. The normalized spacial score (nSPS) is 22.2. The predicted molar refractivity (Wildman–Crippen MR) is 60.6 cm³/mol. The van der Waals surface area contributed by atoms with Gasteiger partial charge in [0, 0.05) is 32.7 Å². The molecule has 0 aromatic rings. The average Bonchev–Trinajstić information content (AvgIpc) is 2.29. The van der Waals surface area contributed by atoms with E-state index < -0.39 is 12.0 Å². The van der Waals surface area contributed by atoms with Crippen LogP contribution < -0.4 is 10.6 Å². The molecule has 0 spiro atoms. The number of hydrogen-bond donors (Lipinski definition) is 3. The minimum absolute atomic E-state index is 0.439. The zero-order chi connectivity index (χ0) is 11.8. The van der Waals surface area contributed by atoms with Crippen LogP contribution in [0.4, 0.5) is 0 Å². The van der Waals surface area contributed by atoms with Crippen molar-refractivity contribution < 1.29 is 14.6 Å². The lowest BCUT2D eigenvalue weighted by molar-refractivity contribution is -0.140. The lowest BCUT2D eigenvalue weighted by atomic mass is 10.2. The highest BCUT2D eigenvalue weighted by Crippen LogP contribution is 1.98. The number of likely N-dealkylation sites (N-methyl/N-ethyl adjacent to an activating group) is 1. The first kappa shape index (κ1) is 13.4. The molecule has 3 N–H and O–H groups in total. The highest BCUT2D eigenvalue weighted by Gasteiger charge is 2.24. The van der Waals surface area contributed by atoms with Crippen LogP contribution in [0.3, 0.4) is 0 Å². The number of carbonyl (C=O) groups is 1.